The zero-order chi connectivity index (χ0) is 15.7. The summed E-state index contributed by atoms with van der Waals surface area (Å²) in [5, 5.41) is -0.0537. The Kier molecular flexibility index (Phi) is 3.58. The van der Waals surface area contributed by atoms with Crippen LogP contribution >= 0.6 is 0 Å². The molecule has 0 saturated carbocycles. The summed E-state index contributed by atoms with van der Waals surface area (Å²) in [6, 6.07) is 14.2. The van der Waals surface area contributed by atoms with Crippen molar-refractivity contribution in [1.82, 2.24) is 4.98 Å². The lowest BCUT2D eigenvalue weighted by Gasteiger charge is -2.05. The molecule has 1 aromatic heterocycles. The molecule has 3 aromatic rings. The van der Waals surface area contributed by atoms with Crippen LogP contribution in [0.2, 0.25) is 0 Å². The van der Waals surface area contributed by atoms with Gasteiger partial charge in [-0.2, -0.15) is 0 Å². The molecule has 5 heteroatoms. The van der Waals surface area contributed by atoms with E-state index >= 15 is 0 Å². The molecule has 0 aliphatic rings. The molecule has 0 aliphatic carbocycles. The molecule has 0 saturated heterocycles. The van der Waals surface area contributed by atoms with Crippen LogP contribution in [0.4, 0.5) is 0 Å². The molecular weight excluding hydrogens is 298 g/mol. The predicted molar refractivity (Wildman–Crippen MR) is 83.3 cm³/mol. The maximum Gasteiger partial charge on any atom is 0.227 e. The molecule has 0 amide bonds. The van der Waals surface area contributed by atoms with E-state index in [-0.39, 0.29) is 15.7 Å². The average Bonchev–Trinajstić information content (AvgIpc) is 2.98. The summed E-state index contributed by atoms with van der Waals surface area (Å²) in [6.07, 6.45) is 1.17. The summed E-state index contributed by atoms with van der Waals surface area (Å²) in [6.45, 7) is 3.85. The standard InChI is InChI=1S/C17H15NO3S/c1-12-6-8-15(9-7-12)22(19,20)17-16(21-11-18-17)14-5-3-4-13(2)10-14/h3-11H,1-2H3. The van der Waals surface area contributed by atoms with Gasteiger partial charge < -0.3 is 4.42 Å². The number of sulfone groups is 1. The Morgan fingerprint density at radius 3 is 2.36 bits per heavy atom. The highest BCUT2D eigenvalue weighted by atomic mass is 32.2. The van der Waals surface area contributed by atoms with Crippen molar-refractivity contribution < 1.29 is 12.8 Å². The van der Waals surface area contributed by atoms with Gasteiger partial charge in [0.05, 0.1) is 4.90 Å². The molecule has 0 N–H and O–H groups in total. The lowest BCUT2D eigenvalue weighted by molar-refractivity contribution is 0.567. The van der Waals surface area contributed by atoms with Crippen LogP contribution in [0, 0.1) is 13.8 Å². The Morgan fingerprint density at radius 2 is 1.68 bits per heavy atom. The fraction of sp³-hybridized carbons (Fsp3) is 0.118. The summed E-state index contributed by atoms with van der Waals surface area (Å²) in [5.41, 5.74) is 2.72. The smallest absolute Gasteiger partial charge is 0.227 e. The third kappa shape index (κ3) is 2.55. The first-order valence-corrected chi connectivity index (χ1v) is 8.29. The minimum Gasteiger partial charge on any atom is -0.442 e. The molecule has 0 radical (unpaired) electrons. The third-order valence-corrected chi connectivity index (χ3v) is 5.09. The first-order chi connectivity index (χ1) is 10.5. The van der Waals surface area contributed by atoms with Gasteiger partial charge >= 0.3 is 0 Å². The van der Waals surface area contributed by atoms with E-state index in [0.29, 0.717) is 5.56 Å². The molecule has 0 aliphatic heterocycles. The number of rotatable bonds is 3. The van der Waals surface area contributed by atoms with Crippen LogP contribution in [0.1, 0.15) is 11.1 Å². The summed E-state index contributed by atoms with van der Waals surface area (Å²) in [5.74, 6) is 0.268. The molecule has 0 fully saturated rings. The molecule has 3 rings (SSSR count). The zero-order valence-electron chi connectivity index (χ0n) is 12.3. The van der Waals surface area contributed by atoms with E-state index in [1.165, 1.54) is 6.39 Å². The quantitative estimate of drug-likeness (QED) is 0.738. The Morgan fingerprint density at radius 1 is 0.955 bits per heavy atom. The molecule has 4 nitrogen and oxygen atoms in total. The van der Waals surface area contributed by atoms with Gasteiger partial charge in [-0.15, -0.1) is 0 Å². The van der Waals surface area contributed by atoms with Gasteiger partial charge in [0.2, 0.25) is 14.9 Å². The molecule has 1 heterocycles. The van der Waals surface area contributed by atoms with Gasteiger partial charge in [0.25, 0.3) is 0 Å². The lowest BCUT2D eigenvalue weighted by Crippen LogP contribution is -2.04. The average molecular weight is 313 g/mol. The number of aryl methyl sites for hydroxylation is 2. The Bertz CT molecular complexity index is 909. The van der Waals surface area contributed by atoms with E-state index in [1.54, 1.807) is 24.3 Å². The molecule has 22 heavy (non-hydrogen) atoms. The van der Waals surface area contributed by atoms with Gasteiger partial charge in [-0.05, 0) is 32.0 Å². The maximum atomic E-state index is 12.8. The summed E-state index contributed by atoms with van der Waals surface area (Å²) >= 11 is 0. The maximum absolute atomic E-state index is 12.8. The molecule has 0 bridgehead atoms. The minimum atomic E-state index is -3.71. The Labute approximate surface area is 129 Å². The Balaban J connectivity index is 2.14. The molecule has 0 atom stereocenters. The van der Waals surface area contributed by atoms with Crippen molar-refractivity contribution >= 4 is 9.84 Å². The topological polar surface area (TPSA) is 60.2 Å². The van der Waals surface area contributed by atoms with Gasteiger partial charge in [0.15, 0.2) is 12.2 Å². The normalized spacial score (nSPS) is 11.5. The van der Waals surface area contributed by atoms with Gasteiger partial charge in [0, 0.05) is 5.56 Å². The summed E-state index contributed by atoms with van der Waals surface area (Å²) in [4.78, 5) is 4.15. The van der Waals surface area contributed by atoms with Crippen LogP contribution in [0.25, 0.3) is 11.3 Å². The highest BCUT2D eigenvalue weighted by Gasteiger charge is 2.26. The second kappa shape index (κ2) is 5.42. The fourth-order valence-corrected chi connectivity index (χ4v) is 3.54. The van der Waals surface area contributed by atoms with Crippen molar-refractivity contribution in [3.05, 3.63) is 66.1 Å². The van der Waals surface area contributed by atoms with Crippen molar-refractivity contribution in [1.29, 1.82) is 0 Å². The van der Waals surface area contributed by atoms with Crippen LogP contribution < -0.4 is 0 Å². The summed E-state index contributed by atoms with van der Waals surface area (Å²) in [7, 11) is -3.71. The van der Waals surface area contributed by atoms with Crippen molar-refractivity contribution in [2.75, 3.05) is 0 Å². The van der Waals surface area contributed by atoms with Gasteiger partial charge in [-0.25, -0.2) is 13.4 Å². The third-order valence-electron chi connectivity index (χ3n) is 3.40. The molecular formula is C17H15NO3S. The first kappa shape index (κ1) is 14.5. The second-order valence-corrected chi connectivity index (χ2v) is 7.04. The van der Waals surface area contributed by atoms with E-state index in [1.807, 2.05) is 38.1 Å². The van der Waals surface area contributed by atoms with Crippen molar-refractivity contribution in [3.63, 3.8) is 0 Å². The monoisotopic (exact) mass is 313 g/mol. The SMILES string of the molecule is Cc1ccc(S(=O)(=O)c2ncoc2-c2cccc(C)c2)cc1. The number of aromatic nitrogens is 1. The van der Waals surface area contributed by atoms with Crippen molar-refractivity contribution in [2.24, 2.45) is 0 Å². The van der Waals surface area contributed by atoms with Crippen molar-refractivity contribution in [2.45, 2.75) is 23.8 Å². The van der Waals surface area contributed by atoms with Gasteiger partial charge in [0.1, 0.15) is 0 Å². The van der Waals surface area contributed by atoms with Crippen LogP contribution in [-0.2, 0) is 9.84 Å². The van der Waals surface area contributed by atoms with Crippen LogP contribution in [0.5, 0.6) is 0 Å². The van der Waals surface area contributed by atoms with Crippen LogP contribution in [-0.4, -0.2) is 13.4 Å². The van der Waals surface area contributed by atoms with E-state index in [0.717, 1.165) is 11.1 Å². The zero-order valence-corrected chi connectivity index (χ0v) is 13.1. The second-order valence-electron chi connectivity index (χ2n) is 5.17. The van der Waals surface area contributed by atoms with Crippen LogP contribution in [0.3, 0.4) is 0 Å². The van der Waals surface area contributed by atoms with E-state index < -0.39 is 9.84 Å². The molecule has 112 valence electrons. The minimum absolute atomic E-state index is 0.0537. The predicted octanol–water partition coefficient (Wildman–Crippen LogP) is 3.79. The number of hydrogen-bond acceptors (Lipinski definition) is 4. The molecule has 0 spiro atoms. The highest BCUT2D eigenvalue weighted by molar-refractivity contribution is 7.91. The van der Waals surface area contributed by atoms with Crippen LogP contribution in [0.15, 0.2) is 69.3 Å². The highest BCUT2D eigenvalue weighted by Crippen LogP contribution is 2.30. The van der Waals surface area contributed by atoms with E-state index in [9.17, 15) is 8.42 Å². The first-order valence-electron chi connectivity index (χ1n) is 6.81. The summed E-state index contributed by atoms with van der Waals surface area (Å²) < 4.78 is 30.9. The number of oxazole rings is 1. The fourth-order valence-electron chi connectivity index (χ4n) is 2.23. The van der Waals surface area contributed by atoms with Gasteiger partial charge in [-0.1, -0.05) is 41.5 Å². The molecule has 0 unspecified atom stereocenters. The largest absolute Gasteiger partial charge is 0.442 e. The molecule has 2 aromatic carbocycles. The number of benzene rings is 2. The van der Waals surface area contributed by atoms with E-state index in [4.69, 9.17) is 4.42 Å². The van der Waals surface area contributed by atoms with E-state index in [2.05, 4.69) is 4.98 Å². The number of hydrogen-bond donors (Lipinski definition) is 0. The van der Waals surface area contributed by atoms with Crippen molar-refractivity contribution in [3.8, 4) is 11.3 Å². The number of nitrogens with zero attached hydrogens (tertiary/aromatic N) is 1. The van der Waals surface area contributed by atoms with Gasteiger partial charge in [-0.3, -0.25) is 0 Å². The Hall–Kier alpha value is -2.40. The lowest BCUT2D eigenvalue weighted by atomic mass is 10.1.